The second-order valence-corrected chi connectivity index (χ2v) is 3.58. The first-order chi connectivity index (χ1) is 8.63. The fourth-order valence-corrected chi connectivity index (χ4v) is 1.18. The number of esters is 1. The summed E-state index contributed by atoms with van der Waals surface area (Å²) in [6, 6.07) is 8.67. The molecule has 18 heavy (non-hydrogen) atoms. The van der Waals surface area contributed by atoms with Crippen molar-refractivity contribution in [2.75, 3.05) is 0 Å². The van der Waals surface area contributed by atoms with E-state index in [9.17, 15) is 9.59 Å². The Labute approximate surface area is 106 Å². The number of rotatable bonds is 4. The molecule has 1 aromatic rings. The van der Waals surface area contributed by atoms with Gasteiger partial charge in [0, 0.05) is 0 Å². The third kappa shape index (κ3) is 4.71. The van der Waals surface area contributed by atoms with Crippen LogP contribution < -0.4 is 0 Å². The molecule has 0 bridgehead atoms. The number of hydrogen-bond donors (Lipinski definition) is 0. The molecule has 0 fully saturated rings. The first-order valence-electron chi connectivity index (χ1n) is 5.49. The van der Waals surface area contributed by atoms with E-state index in [1.54, 1.807) is 38.1 Å². The Balaban J connectivity index is 2.52. The van der Waals surface area contributed by atoms with Crippen LogP contribution in [0.5, 0.6) is 0 Å². The Morgan fingerprint density at radius 2 is 1.78 bits per heavy atom. The lowest BCUT2D eigenvalue weighted by molar-refractivity contribution is -0.130. The maximum Gasteiger partial charge on any atom is 0.339 e. The summed E-state index contributed by atoms with van der Waals surface area (Å²) in [7, 11) is 0. The maximum atomic E-state index is 11.6. The highest BCUT2D eigenvalue weighted by molar-refractivity contribution is 5.89. The second kappa shape index (κ2) is 7.13. The number of ether oxygens (including phenoxy) is 2. The zero-order valence-corrected chi connectivity index (χ0v) is 10.3. The van der Waals surface area contributed by atoms with Crippen LogP contribution in [-0.2, 0) is 14.3 Å². The SMILES string of the molecule is CC(C#CC(C)OC(=O)c1ccccc1)OC=O. The highest BCUT2D eigenvalue weighted by Gasteiger charge is 2.09. The van der Waals surface area contributed by atoms with Gasteiger partial charge in [0.1, 0.15) is 0 Å². The highest BCUT2D eigenvalue weighted by Crippen LogP contribution is 2.03. The van der Waals surface area contributed by atoms with E-state index in [2.05, 4.69) is 16.6 Å². The van der Waals surface area contributed by atoms with Gasteiger partial charge in [-0.05, 0) is 26.0 Å². The Morgan fingerprint density at radius 3 is 2.39 bits per heavy atom. The van der Waals surface area contributed by atoms with Crippen LogP contribution in [0.4, 0.5) is 0 Å². The molecule has 0 N–H and O–H groups in total. The first kappa shape index (κ1) is 13.8. The van der Waals surface area contributed by atoms with Crippen molar-refractivity contribution in [1.82, 2.24) is 0 Å². The number of carbonyl (C=O) groups is 2. The zero-order chi connectivity index (χ0) is 13.4. The van der Waals surface area contributed by atoms with Crippen molar-refractivity contribution >= 4 is 12.4 Å². The lowest BCUT2D eigenvalue weighted by Gasteiger charge is -2.07. The van der Waals surface area contributed by atoms with Gasteiger partial charge in [-0.25, -0.2) is 4.79 Å². The van der Waals surface area contributed by atoms with Crippen molar-refractivity contribution in [2.45, 2.75) is 26.1 Å². The molecule has 0 radical (unpaired) electrons. The molecular formula is C14H14O4. The van der Waals surface area contributed by atoms with Crippen LogP contribution in [0.1, 0.15) is 24.2 Å². The normalized spacial score (nSPS) is 12.6. The maximum absolute atomic E-state index is 11.6. The van der Waals surface area contributed by atoms with Gasteiger partial charge < -0.3 is 9.47 Å². The van der Waals surface area contributed by atoms with E-state index in [1.165, 1.54) is 0 Å². The number of benzene rings is 1. The second-order valence-electron chi connectivity index (χ2n) is 3.58. The molecular weight excluding hydrogens is 232 g/mol. The molecule has 2 atom stereocenters. The van der Waals surface area contributed by atoms with Gasteiger partial charge in [-0.15, -0.1) is 0 Å². The van der Waals surface area contributed by atoms with Crippen molar-refractivity contribution in [1.29, 1.82) is 0 Å². The Kier molecular flexibility index (Phi) is 5.46. The fourth-order valence-electron chi connectivity index (χ4n) is 1.18. The summed E-state index contributed by atoms with van der Waals surface area (Å²) in [6.07, 6.45) is -1.07. The molecule has 0 amide bonds. The molecule has 0 saturated heterocycles. The third-order valence-electron chi connectivity index (χ3n) is 2.04. The lowest BCUT2D eigenvalue weighted by atomic mass is 10.2. The fraction of sp³-hybridized carbons (Fsp3) is 0.286. The molecule has 2 unspecified atom stereocenters. The van der Waals surface area contributed by atoms with E-state index < -0.39 is 18.2 Å². The minimum Gasteiger partial charge on any atom is -0.452 e. The van der Waals surface area contributed by atoms with Crippen LogP contribution in [-0.4, -0.2) is 24.6 Å². The third-order valence-corrected chi connectivity index (χ3v) is 2.04. The molecule has 4 nitrogen and oxygen atoms in total. The Bertz CT molecular complexity index is 456. The quantitative estimate of drug-likeness (QED) is 0.462. The average Bonchev–Trinajstić information content (AvgIpc) is 2.38. The van der Waals surface area contributed by atoms with E-state index in [0.717, 1.165) is 0 Å². The van der Waals surface area contributed by atoms with Gasteiger partial charge in [0.15, 0.2) is 12.2 Å². The standard InChI is InChI=1S/C14H14O4/c1-11(17-10-15)8-9-12(2)18-14(16)13-6-4-3-5-7-13/h3-7,10-12H,1-2H3. The molecule has 0 saturated carbocycles. The Morgan fingerprint density at radius 1 is 1.17 bits per heavy atom. The summed E-state index contributed by atoms with van der Waals surface area (Å²) in [6.45, 7) is 3.62. The molecule has 4 heteroatoms. The van der Waals surface area contributed by atoms with Gasteiger partial charge in [0.05, 0.1) is 5.56 Å². The van der Waals surface area contributed by atoms with E-state index in [-0.39, 0.29) is 0 Å². The van der Waals surface area contributed by atoms with Gasteiger partial charge in [-0.3, -0.25) is 4.79 Å². The first-order valence-corrected chi connectivity index (χ1v) is 5.49. The smallest absolute Gasteiger partial charge is 0.339 e. The molecule has 94 valence electrons. The van der Waals surface area contributed by atoms with Crippen molar-refractivity contribution < 1.29 is 19.1 Å². The van der Waals surface area contributed by atoms with E-state index in [0.29, 0.717) is 12.0 Å². The van der Waals surface area contributed by atoms with Gasteiger partial charge in [-0.2, -0.15) is 0 Å². The number of carbonyl (C=O) groups excluding carboxylic acids is 2. The summed E-state index contributed by atoms with van der Waals surface area (Å²) in [5.41, 5.74) is 0.475. The summed E-state index contributed by atoms with van der Waals surface area (Å²) < 4.78 is 9.70. The van der Waals surface area contributed by atoms with Gasteiger partial charge >= 0.3 is 5.97 Å². The summed E-state index contributed by atoms with van der Waals surface area (Å²) >= 11 is 0. The van der Waals surface area contributed by atoms with Crippen LogP contribution in [0.15, 0.2) is 30.3 Å². The molecule has 1 aromatic carbocycles. The van der Waals surface area contributed by atoms with E-state index in [1.807, 2.05) is 6.07 Å². The van der Waals surface area contributed by atoms with Crippen molar-refractivity contribution in [3.8, 4) is 11.8 Å². The monoisotopic (exact) mass is 246 g/mol. The van der Waals surface area contributed by atoms with Gasteiger partial charge in [0.25, 0.3) is 6.47 Å². The topological polar surface area (TPSA) is 52.6 Å². The summed E-state index contributed by atoms with van der Waals surface area (Å²) in [5, 5.41) is 0. The minimum absolute atomic E-state index is 0.333. The summed E-state index contributed by atoms with van der Waals surface area (Å²) in [5.74, 6) is 4.92. The molecule has 0 heterocycles. The summed E-state index contributed by atoms with van der Waals surface area (Å²) in [4.78, 5) is 21.7. The average molecular weight is 246 g/mol. The molecule has 1 rings (SSSR count). The van der Waals surface area contributed by atoms with E-state index >= 15 is 0 Å². The highest BCUT2D eigenvalue weighted by atomic mass is 16.5. The molecule has 0 aliphatic carbocycles. The lowest BCUT2D eigenvalue weighted by Crippen LogP contribution is -2.14. The molecule has 0 spiro atoms. The van der Waals surface area contributed by atoms with Gasteiger partial charge in [0.2, 0.25) is 0 Å². The predicted octanol–water partition coefficient (Wildman–Crippen LogP) is 1.80. The zero-order valence-electron chi connectivity index (χ0n) is 10.3. The largest absolute Gasteiger partial charge is 0.452 e. The van der Waals surface area contributed by atoms with Gasteiger partial charge in [-0.1, -0.05) is 30.0 Å². The van der Waals surface area contributed by atoms with Crippen LogP contribution in [0.3, 0.4) is 0 Å². The Hall–Kier alpha value is -2.28. The molecule has 0 aromatic heterocycles. The van der Waals surface area contributed by atoms with Crippen molar-refractivity contribution in [3.63, 3.8) is 0 Å². The predicted molar refractivity (Wildman–Crippen MR) is 65.7 cm³/mol. The van der Waals surface area contributed by atoms with Crippen LogP contribution in [0.25, 0.3) is 0 Å². The minimum atomic E-state index is -0.560. The van der Waals surface area contributed by atoms with Crippen molar-refractivity contribution in [2.24, 2.45) is 0 Å². The number of hydrogen-bond acceptors (Lipinski definition) is 4. The van der Waals surface area contributed by atoms with Crippen LogP contribution in [0, 0.1) is 11.8 Å². The van der Waals surface area contributed by atoms with Crippen LogP contribution >= 0.6 is 0 Å². The molecule has 0 aliphatic heterocycles. The van der Waals surface area contributed by atoms with Crippen LogP contribution in [0.2, 0.25) is 0 Å². The van der Waals surface area contributed by atoms with Crippen molar-refractivity contribution in [3.05, 3.63) is 35.9 Å². The van der Waals surface area contributed by atoms with E-state index in [4.69, 9.17) is 4.74 Å². The molecule has 0 aliphatic rings.